The fourth-order valence-electron chi connectivity index (χ4n) is 1.87. The van der Waals surface area contributed by atoms with Gasteiger partial charge in [0.15, 0.2) is 12.4 Å². The van der Waals surface area contributed by atoms with Crippen molar-refractivity contribution in [1.29, 1.82) is 5.26 Å². The van der Waals surface area contributed by atoms with E-state index in [-0.39, 0.29) is 23.6 Å². The Hall–Kier alpha value is -3.20. The predicted molar refractivity (Wildman–Crippen MR) is 78.8 cm³/mol. The van der Waals surface area contributed by atoms with Crippen LogP contribution in [0.4, 0.5) is 5.69 Å². The summed E-state index contributed by atoms with van der Waals surface area (Å²) in [7, 11) is 0. The summed E-state index contributed by atoms with van der Waals surface area (Å²) in [6, 6.07) is 12.7. The molecule has 6 heteroatoms. The van der Waals surface area contributed by atoms with E-state index in [1.165, 1.54) is 24.3 Å². The molecule has 6 nitrogen and oxygen atoms in total. The molecule has 0 aliphatic heterocycles. The quantitative estimate of drug-likeness (QED) is 0.480. The van der Waals surface area contributed by atoms with Gasteiger partial charge in [-0.1, -0.05) is 18.2 Å². The molecule has 0 spiro atoms. The summed E-state index contributed by atoms with van der Waals surface area (Å²) in [6.07, 6.45) is 0. The Morgan fingerprint density at radius 3 is 2.77 bits per heavy atom. The van der Waals surface area contributed by atoms with E-state index in [9.17, 15) is 14.9 Å². The minimum Gasteiger partial charge on any atom is -0.485 e. The van der Waals surface area contributed by atoms with Gasteiger partial charge in [0.2, 0.25) is 0 Å². The lowest BCUT2D eigenvalue weighted by molar-refractivity contribution is -0.385. The van der Waals surface area contributed by atoms with Crippen molar-refractivity contribution in [3.8, 4) is 11.8 Å². The Kier molecular flexibility index (Phi) is 4.49. The van der Waals surface area contributed by atoms with Gasteiger partial charge in [-0.2, -0.15) is 5.26 Å². The number of nitro benzene ring substituents is 1. The van der Waals surface area contributed by atoms with Gasteiger partial charge in [0.05, 0.1) is 16.6 Å². The number of rotatable bonds is 5. The van der Waals surface area contributed by atoms with Crippen molar-refractivity contribution in [2.75, 3.05) is 6.61 Å². The second-order valence-corrected chi connectivity index (χ2v) is 4.61. The van der Waals surface area contributed by atoms with Crippen molar-refractivity contribution in [2.45, 2.75) is 6.92 Å². The lowest BCUT2D eigenvalue weighted by Crippen LogP contribution is -2.12. The molecular formula is C16H12N2O4. The molecule has 0 radical (unpaired) electrons. The smallest absolute Gasteiger partial charge is 0.273 e. The van der Waals surface area contributed by atoms with Crippen molar-refractivity contribution in [2.24, 2.45) is 0 Å². The van der Waals surface area contributed by atoms with Gasteiger partial charge >= 0.3 is 0 Å². The molecule has 0 N–H and O–H groups in total. The van der Waals surface area contributed by atoms with Gasteiger partial charge in [-0.25, -0.2) is 0 Å². The average molecular weight is 296 g/mol. The number of ether oxygens (including phenoxy) is 1. The number of nitriles is 1. The standard InChI is InChI=1S/C16H12N2O4/c1-11-5-6-13(8-15(11)18(20)21)16(19)10-22-14-4-2-3-12(7-14)9-17/h2-8H,10H2,1H3. The highest BCUT2D eigenvalue weighted by molar-refractivity contribution is 5.97. The molecule has 0 saturated carbocycles. The van der Waals surface area contributed by atoms with Crippen LogP contribution in [0.2, 0.25) is 0 Å². The lowest BCUT2D eigenvalue weighted by atomic mass is 10.1. The van der Waals surface area contributed by atoms with Crippen LogP contribution in [-0.4, -0.2) is 17.3 Å². The number of nitrogens with zero attached hydrogens (tertiary/aromatic N) is 2. The third kappa shape index (κ3) is 3.46. The van der Waals surface area contributed by atoms with Crippen LogP contribution in [-0.2, 0) is 0 Å². The topological polar surface area (TPSA) is 93.2 Å². The third-order valence-electron chi connectivity index (χ3n) is 3.06. The molecule has 2 rings (SSSR count). The van der Waals surface area contributed by atoms with Crippen LogP contribution < -0.4 is 4.74 Å². The normalized spacial score (nSPS) is 9.82. The number of nitro groups is 1. The maximum Gasteiger partial charge on any atom is 0.273 e. The molecule has 0 fully saturated rings. The van der Waals surface area contributed by atoms with Crippen molar-refractivity contribution in [3.63, 3.8) is 0 Å². The molecule has 0 aliphatic rings. The zero-order valence-corrected chi connectivity index (χ0v) is 11.8. The largest absolute Gasteiger partial charge is 0.485 e. The number of Topliss-reactive ketones (excluding diaryl/α,β-unsaturated/α-hetero) is 1. The highest BCUT2D eigenvalue weighted by atomic mass is 16.6. The molecule has 0 saturated heterocycles. The number of carbonyl (C=O) groups excluding carboxylic acids is 1. The SMILES string of the molecule is Cc1ccc(C(=O)COc2cccc(C#N)c2)cc1[N+](=O)[O-]. The van der Waals surface area contributed by atoms with Crippen LogP contribution >= 0.6 is 0 Å². The van der Waals surface area contributed by atoms with E-state index in [0.717, 1.165) is 0 Å². The first-order valence-corrected chi connectivity index (χ1v) is 6.42. The van der Waals surface area contributed by atoms with Crippen LogP contribution in [0.1, 0.15) is 21.5 Å². The van der Waals surface area contributed by atoms with Crippen molar-refractivity contribution < 1.29 is 14.5 Å². The zero-order chi connectivity index (χ0) is 16.1. The monoisotopic (exact) mass is 296 g/mol. The Balaban J connectivity index is 2.11. The number of carbonyl (C=O) groups is 1. The summed E-state index contributed by atoms with van der Waals surface area (Å²) in [4.78, 5) is 22.4. The molecule has 110 valence electrons. The maximum absolute atomic E-state index is 12.0. The van der Waals surface area contributed by atoms with E-state index >= 15 is 0 Å². The zero-order valence-electron chi connectivity index (χ0n) is 11.8. The van der Waals surface area contributed by atoms with Gasteiger partial charge in [0.1, 0.15) is 5.75 Å². The average Bonchev–Trinajstić information content (AvgIpc) is 2.53. The molecule has 0 heterocycles. The summed E-state index contributed by atoms with van der Waals surface area (Å²) >= 11 is 0. The summed E-state index contributed by atoms with van der Waals surface area (Å²) in [5.74, 6) is 0.0273. The summed E-state index contributed by atoms with van der Waals surface area (Å²) in [6.45, 7) is 1.35. The van der Waals surface area contributed by atoms with Gasteiger partial charge in [0.25, 0.3) is 5.69 Å². The fraction of sp³-hybridized carbons (Fsp3) is 0.125. The Labute approximate surface area is 126 Å². The summed E-state index contributed by atoms with van der Waals surface area (Å²) in [5, 5.41) is 19.7. The highest BCUT2D eigenvalue weighted by Gasteiger charge is 2.15. The number of aryl methyl sites for hydroxylation is 1. The van der Waals surface area contributed by atoms with Crippen LogP contribution in [0.15, 0.2) is 42.5 Å². The minimum absolute atomic E-state index is 0.0997. The van der Waals surface area contributed by atoms with Crippen molar-refractivity contribution in [1.82, 2.24) is 0 Å². The third-order valence-corrected chi connectivity index (χ3v) is 3.06. The molecule has 2 aromatic carbocycles. The molecular weight excluding hydrogens is 284 g/mol. The molecule has 0 unspecified atom stereocenters. The molecule has 22 heavy (non-hydrogen) atoms. The van der Waals surface area contributed by atoms with Crippen LogP contribution in [0.3, 0.4) is 0 Å². The van der Waals surface area contributed by atoms with Gasteiger partial charge in [-0.3, -0.25) is 14.9 Å². The van der Waals surface area contributed by atoms with Crippen molar-refractivity contribution >= 4 is 11.5 Å². The van der Waals surface area contributed by atoms with E-state index in [4.69, 9.17) is 10.00 Å². The maximum atomic E-state index is 12.0. The fourth-order valence-corrected chi connectivity index (χ4v) is 1.87. The van der Waals surface area contributed by atoms with E-state index in [1.54, 1.807) is 25.1 Å². The first kappa shape index (κ1) is 15.2. The molecule has 0 aliphatic carbocycles. The summed E-state index contributed by atoms with van der Waals surface area (Å²) < 4.78 is 5.32. The first-order chi connectivity index (χ1) is 10.5. The predicted octanol–water partition coefficient (Wildman–Crippen LogP) is 3.04. The number of hydrogen-bond acceptors (Lipinski definition) is 5. The number of ketones is 1. The Morgan fingerprint density at radius 1 is 1.32 bits per heavy atom. The van der Waals surface area contributed by atoms with Crippen LogP contribution in [0, 0.1) is 28.4 Å². The number of hydrogen-bond donors (Lipinski definition) is 0. The molecule has 0 amide bonds. The molecule has 2 aromatic rings. The van der Waals surface area contributed by atoms with E-state index in [1.807, 2.05) is 6.07 Å². The van der Waals surface area contributed by atoms with Gasteiger partial charge in [-0.05, 0) is 25.1 Å². The van der Waals surface area contributed by atoms with Crippen LogP contribution in [0.25, 0.3) is 0 Å². The highest BCUT2D eigenvalue weighted by Crippen LogP contribution is 2.20. The second-order valence-electron chi connectivity index (χ2n) is 4.61. The first-order valence-electron chi connectivity index (χ1n) is 6.42. The summed E-state index contributed by atoms with van der Waals surface area (Å²) in [5.41, 5.74) is 1.03. The van der Waals surface area contributed by atoms with Gasteiger partial charge in [0, 0.05) is 17.2 Å². The van der Waals surface area contributed by atoms with E-state index in [0.29, 0.717) is 16.9 Å². The Morgan fingerprint density at radius 2 is 2.09 bits per heavy atom. The molecule has 0 aromatic heterocycles. The van der Waals surface area contributed by atoms with Gasteiger partial charge < -0.3 is 4.74 Å². The van der Waals surface area contributed by atoms with Crippen LogP contribution in [0.5, 0.6) is 5.75 Å². The minimum atomic E-state index is -0.524. The van der Waals surface area contributed by atoms with Crippen molar-refractivity contribution in [3.05, 3.63) is 69.3 Å². The molecule has 0 bridgehead atoms. The second kappa shape index (κ2) is 6.50. The van der Waals surface area contributed by atoms with E-state index < -0.39 is 4.92 Å². The lowest BCUT2D eigenvalue weighted by Gasteiger charge is -2.06. The Bertz CT molecular complexity index is 778. The van der Waals surface area contributed by atoms with E-state index in [2.05, 4.69) is 0 Å². The number of benzene rings is 2. The van der Waals surface area contributed by atoms with Gasteiger partial charge in [-0.15, -0.1) is 0 Å². The molecule has 0 atom stereocenters.